The number of carbonyl (C=O) groups excluding carboxylic acids is 2. The molecule has 5 nitrogen and oxygen atoms in total. The summed E-state index contributed by atoms with van der Waals surface area (Å²) in [7, 11) is 1.34. The summed E-state index contributed by atoms with van der Waals surface area (Å²) in [6, 6.07) is 8.92. The van der Waals surface area contributed by atoms with Crippen LogP contribution in [0, 0.1) is 19.8 Å². The van der Waals surface area contributed by atoms with Crippen molar-refractivity contribution in [3.63, 3.8) is 0 Å². The summed E-state index contributed by atoms with van der Waals surface area (Å²) >= 11 is 0. The van der Waals surface area contributed by atoms with Crippen LogP contribution in [0.3, 0.4) is 0 Å². The zero-order valence-electron chi connectivity index (χ0n) is 16.9. The highest BCUT2D eigenvalue weighted by atomic mass is 16.5. The van der Waals surface area contributed by atoms with Crippen LogP contribution in [0.2, 0.25) is 0 Å². The smallest absolute Gasteiger partial charge is 0.328 e. The molecule has 0 aliphatic heterocycles. The first kappa shape index (κ1) is 20.7. The molecule has 0 saturated heterocycles. The van der Waals surface area contributed by atoms with E-state index in [0.717, 1.165) is 23.4 Å². The Kier molecular flexibility index (Phi) is 7.22. The fourth-order valence-corrected chi connectivity index (χ4v) is 3.49. The SMILES string of the molecule is CCc1c(C)[nH]c(CC(C)C(=O)N[C@@H](Cc2ccccc2)C(=O)OC)c1C. The number of rotatable bonds is 8. The van der Waals surface area contributed by atoms with Crippen LogP contribution in [-0.4, -0.2) is 30.0 Å². The molecule has 5 heteroatoms. The largest absolute Gasteiger partial charge is 0.467 e. The minimum absolute atomic E-state index is 0.147. The van der Waals surface area contributed by atoms with Gasteiger partial charge in [-0.05, 0) is 43.4 Å². The molecule has 2 N–H and O–H groups in total. The monoisotopic (exact) mass is 370 g/mol. The highest BCUT2D eigenvalue weighted by Gasteiger charge is 2.25. The number of hydrogen-bond acceptors (Lipinski definition) is 3. The van der Waals surface area contributed by atoms with Gasteiger partial charge in [-0.15, -0.1) is 0 Å². The minimum Gasteiger partial charge on any atom is -0.467 e. The van der Waals surface area contributed by atoms with Crippen LogP contribution in [0.15, 0.2) is 30.3 Å². The van der Waals surface area contributed by atoms with E-state index in [9.17, 15) is 9.59 Å². The van der Waals surface area contributed by atoms with Gasteiger partial charge in [-0.25, -0.2) is 4.79 Å². The molecule has 0 fully saturated rings. The number of aromatic amines is 1. The number of nitrogens with one attached hydrogen (secondary N) is 2. The molecule has 0 spiro atoms. The Morgan fingerprint density at radius 3 is 2.37 bits per heavy atom. The molecule has 0 aliphatic rings. The molecule has 0 radical (unpaired) electrons. The lowest BCUT2D eigenvalue weighted by atomic mass is 9.99. The van der Waals surface area contributed by atoms with Crippen molar-refractivity contribution in [3.8, 4) is 0 Å². The standard InChI is InChI=1S/C22H30N2O3/c1-6-18-15(3)19(23-16(18)4)12-14(2)21(25)24-20(22(26)27-5)13-17-10-8-7-9-11-17/h7-11,14,20,23H,6,12-13H2,1-5H3,(H,24,25)/t14?,20-/m0/s1. The van der Waals surface area contributed by atoms with Crippen molar-refractivity contribution in [2.75, 3.05) is 7.11 Å². The molecule has 1 aromatic heterocycles. The number of hydrogen-bond donors (Lipinski definition) is 2. The molecule has 146 valence electrons. The van der Waals surface area contributed by atoms with E-state index < -0.39 is 12.0 Å². The maximum absolute atomic E-state index is 12.7. The third kappa shape index (κ3) is 5.22. The van der Waals surface area contributed by atoms with Crippen molar-refractivity contribution in [1.29, 1.82) is 0 Å². The maximum Gasteiger partial charge on any atom is 0.328 e. The predicted molar refractivity (Wildman–Crippen MR) is 107 cm³/mol. The van der Waals surface area contributed by atoms with Crippen LogP contribution in [0.25, 0.3) is 0 Å². The Bertz CT molecular complexity index is 780. The second-order valence-electron chi connectivity index (χ2n) is 7.06. The zero-order valence-corrected chi connectivity index (χ0v) is 16.9. The highest BCUT2D eigenvalue weighted by molar-refractivity contribution is 5.85. The van der Waals surface area contributed by atoms with Gasteiger partial charge in [0, 0.05) is 23.7 Å². The summed E-state index contributed by atoms with van der Waals surface area (Å²) in [6.07, 6.45) is 1.99. The number of H-pyrrole nitrogens is 1. The van der Waals surface area contributed by atoms with E-state index in [2.05, 4.69) is 31.1 Å². The van der Waals surface area contributed by atoms with E-state index in [-0.39, 0.29) is 11.8 Å². The number of benzene rings is 1. The van der Waals surface area contributed by atoms with E-state index in [0.29, 0.717) is 12.8 Å². The first-order chi connectivity index (χ1) is 12.9. The molecule has 2 rings (SSSR count). The quantitative estimate of drug-likeness (QED) is 0.701. The zero-order chi connectivity index (χ0) is 20.0. The van der Waals surface area contributed by atoms with Crippen LogP contribution in [-0.2, 0) is 33.6 Å². The van der Waals surface area contributed by atoms with Crippen LogP contribution in [0.5, 0.6) is 0 Å². The van der Waals surface area contributed by atoms with Gasteiger partial charge in [0.1, 0.15) is 6.04 Å². The Morgan fingerprint density at radius 1 is 1.15 bits per heavy atom. The van der Waals surface area contributed by atoms with Crippen molar-refractivity contribution in [2.45, 2.75) is 53.0 Å². The summed E-state index contributed by atoms with van der Waals surface area (Å²) in [5.41, 5.74) is 5.76. The molecule has 0 saturated carbocycles. The third-order valence-corrected chi connectivity index (χ3v) is 5.09. The summed E-state index contributed by atoms with van der Waals surface area (Å²) in [5, 5.41) is 2.86. The maximum atomic E-state index is 12.7. The Balaban J connectivity index is 2.06. The number of esters is 1. The van der Waals surface area contributed by atoms with E-state index in [1.54, 1.807) is 0 Å². The van der Waals surface area contributed by atoms with Crippen LogP contribution >= 0.6 is 0 Å². The third-order valence-electron chi connectivity index (χ3n) is 5.09. The summed E-state index contributed by atoms with van der Waals surface area (Å²) in [5.74, 6) is -0.833. The molecular formula is C22H30N2O3. The summed E-state index contributed by atoms with van der Waals surface area (Å²) < 4.78 is 4.88. The lowest BCUT2D eigenvalue weighted by molar-refractivity contribution is -0.145. The molecule has 1 aromatic carbocycles. The Hall–Kier alpha value is -2.56. The topological polar surface area (TPSA) is 71.2 Å². The Labute approximate surface area is 161 Å². The molecular weight excluding hydrogens is 340 g/mol. The molecule has 0 bridgehead atoms. The number of ether oxygens (including phenoxy) is 1. The van der Waals surface area contributed by atoms with Crippen LogP contribution < -0.4 is 5.32 Å². The van der Waals surface area contributed by atoms with Gasteiger partial charge in [-0.2, -0.15) is 0 Å². The van der Waals surface area contributed by atoms with E-state index in [4.69, 9.17) is 4.74 Å². The molecule has 1 unspecified atom stereocenters. The molecule has 2 aromatic rings. The van der Waals surface area contributed by atoms with Crippen molar-refractivity contribution < 1.29 is 14.3 Å². The minimum atomic E-state index is -0.690. The number of carbonyl (C=O) groups is 2. The number of methoxy groups -OCH3 is 1. The average Bonchev–Trinajstić information content (AvgIpc) is 2.93. The van der Waals surface area contributed by atoms with Gasteiger partial charge in [-0.3, -0.25) is 4.79 Å². The van der Waals surface area contributed by atoms with Gasteiger partial charge in [0.15, 0.2) is 0 Å². The van der Waals surface area contributed by atoms with Gasteiger partial charge in [-0.1, -0.05) is 44.2 Å². The predicted octanol–water partition coefficient (Wildman–Crippen LogP) is 3.27. The fourth-order valence-electron chi connectivity index (χ4n) is 3.49. The number of aromatic nitrogens is 1. The van der Waals surface area contributed by atoms with Gasteiger partial charge >= 0.3 is 5.97 Å². The molecule has 0 aliphatic carbocycles. The number of amides is 1. The molecule has 27 heavy (non-hydrogen) atoms. The second-order valence-corrected chi connectivity index (χ2v) is 7.06. The van der Waals surface area contributed by atoms with Crippen LogP contribution in [0.1, 0.15) is 41.9 Å². The van der Waals surface area contributed by atoms with E-state index >= 15 is 0 Å². The molecule has 1 heterocycles. The fraction of sp³-hybridized carbons (Fsp3) is 0.455. The summed E-state index contributed by atoms with van der Waals surface area (Å²) in [6.45, 7) is 8.17. The van der Waals surface area contributed by atoms with Crippen molar-refractivity contribution >= 4 is 11.9 Å². The Morgan fingerprint density at radius 2 is 1.81 bits per heavy atom. The van der Waals surface area contributed by atoms with E-state index in [1.807, 2.05) is 37.3 Å². The van der Waals surface area contributed by atoms with Gasteiger partial charge in [0.25, 0.3) is 0 Å². The lowest BCUT2D eigenvalue weighted by Crippen LogP contribution is -2.45. The molecule has 2 atom stereocenters. The van der Waals surface area contributed by atoms with Crippen molar-refractivity contribution in [3.05, 3.63) is 58.4 Å². The van der Waals surface area contributed by atoms with E-state index in [1.165, 1.54) is 18.2 Å². The summed E-state index contributed by atoms with van der Waals surface area (Å²) in [4.78, 5) is 28.2. The second kappa shape index (κ2) is 9.40. The molecule has 1 amide bonds. The van der Waals surface area contributed by atoms with Gasteiger partial charge in [0.2, 0.25) is 5.91 Å². The van der Waals surface area contributed by atoms with Crippen molar-refractivity contribution in [1.82, 2.24) is 10.3 Å². The van der Waals surface area contributed by atoms with Gasteiger partial charge in [0.05, 0.1) is 7.11 Å². The lowest BCUT2D eigenvalue weighted by Gasteiger charge is -2.19. The first-order valence-corrected chi connectivity index (χ1v) is 9.46. The van der Waals surface area contributed by atoms with Gasteiger partial charge < -0.3 is 15.0 Å². The highest BCUT2D eigenvalue weighted by Crippen LogP contribution is 2.21. The van der Waals surface area contributed by atoms with Crippen molar-refractivity contribution in [2.24, 2.45) is 5.92 Å². The van der Waals surface area contributed by atoms with Crippen LogP contribution in [0.4, 0.5) is 0 Å². The normalized spacial score (nSPS) is 13.1. The first-order valence-electron chi connectivity index (χ1n) is 9.46. The number of aryl methyl sites for hydroxylation is 1. The average molecular weight is 370 g/mol.